The molecule has 4 nitrogen and oxygen atoms in total. The van der Waals surface area contributed by atoms with Gasteiger partial charge < -0.3 is 19.9 Å². The van der Waals surface area contributed by atoms with Crippen LogP contribution in [0.2, 0.25) is 0 Å². The molecule has 1 heterocycles. The van der Waals surface area contributed by atoms with Crippen molar-refractivity contribution in [2.75, 3.05) is 32.6 Å². The van der Waals surface area contributed by atoms with E-state index >= 15 is 0 Å². The molecule has 0 unspecified atom stereocenters. The van der Waals surface area contributed by atoms with Gasteiger partial charge in [-0.15, -0.1) is 0 Å². The van der Waals surface area contributed by atoms with Crippen LogP contribution in [0, 0.1) is 0 Å². The monoisotopic (exact) mass is 399 g/mol. The van der Waals surface area contributed by atoms with Gasteiger partial charge in [-0.3, -0.25) is 0 Å². The van der Waals surface area contributed by atoms with Gasteiger partial charge in [-0.05, 0) is 47.0 Å². The summed E-state index contributed by atoms with van der Waals surface area (Å²) in [5.41, 5.74) is 6.27. The Morgan fingerprint density at radius 2 is 1.67 bits per heavy atom. The molecule has 0 saturated carbocycles. The van der Waals surface area contributed by atoms with Crippen LogP contribution in [0.3, 0.4) is 0 Å². The third-order valence-corrected chi connectivity index (χ3v) is 5.65. The Labute approximate surface area is 178 Å². The number of nitrogens with one attached hydrogen (secondary N) is 2. The van der Waals surface area contributed by atoms with Gasteiger partial charge in [-0.1, -0.05) is 42.5 Å². The number of benzene rings is 3. The Balaban J connectivity index is 1.58. The Bertz CT molecular complexity index is 1080. The summed E-state index contributed by atoms with van der Waals surface area (Å²) in [5, 5.41) is 4.95. The number of hydrogen-bond donors (Lipinski definition) is 2. The second-order valence-electron chi connectivity index (χ2n) is 7.81. The van der Waals surface area contributed by atoms with Crippen LogP contribution in [-0.4, -0.2) is 32.7 Å². The van der Waals surface area contributed by atoms with Crippen molar-refractivity contribution in [3.05, 3.63) is 95.7 Å². The van der Waals surface area contributed by atoms with Gasteiger partial charge >= 0.3 is 0 Å². The molecule has 2 N–H and O–H groups in total. The first kappa shape index (κ1) is 20.0. The topological polar surface area (TPSA) is 40.3 Å². The second-order valence-corrected chi connectivity index (χ2v) is 7.81. The van der Waals surface area contributed by atoms with Gasteiger partial charge in [-0.2, -0.15) is 0 Å². The van der Waals surface area contributed by atoms with Crippen molar-refractivity contribution in [2.45, 2.75) is 12.5 Å². The van der Waals surface area contributed by atoms with Crippen molar-refractivity contribution in [1.29, 1.82) is 0 Å². The highest BCUT2D eigenvalue weighted by Gasteiger charge is 2.18. The molecular weight excluding hydrogens is 370 g/mol. The molecule has 4 aromatic rings. The highest BCUT2D eigenvalue weighted by atomic mass is 16.5. The molecule has 0 aliphatic rings. The Hall–Kier alpha value is -3.24. The number of methoxy groups -OCH3 is 1. The van der Waals surface area contributed by atoms with E-state index in [9.17, 15) is 0 Å². The molecule has 0 saturated heterocycles. The fourth-order valence-corrected chi connectivity index (χ4v) is 3.90. The summed E-state index contributed by atoms with van der Waals surface area (Å²) in [5.74, 6) is 1.15. The predicted molar refractivity (Wildman–Crippen MR) is 126 cm³/mol. The van der Waals surface area contributed by atoms with E-state index < -0.39 is 0 Å². The minimum absolute atomic E-state index is 0.260. The molecule has 0 aliphatic carbocycles. The summed E-state index contributed by atoms with van der Waals surface area (Å²) in [4.78, 5) is 5.57. The van der Waals surface area contributed by atoms with Gasteiger partial charge in [0.05, 0.1) is 7.11 Å². The van der Waals surface area contributed by atoms with Gasteiger partial charge in [0.15, 0.2) is 0 Å². The largest absolute Gasteiger partial charge is 0.497 e. The molecule has 4 rings (SSSR count). The van der Waals surface area contributed by atoms with Gasteiger partial charge in [0.1, 0.15) is 5.75 Å². The summed E-state index contributed by atoms with van der Waals surface area (Å²) in [6.07, 6.45) is 2.16. The zero-order valence-corrected chi connectivity index (χ0v) is 17.9. The molecular formula is C26H29N3O. The van der Waals surface area contributed by atoms with E-state index in [0.717, 1.165) is 18.8 Å². The van der Waals surface area contributed by atoms with Crippen molar-refractivity contribution in [2.24, 2.45) is 0 Å². The molecule has 1 aromatic heterocycles. The summed E-state index contributed by atoms with van der Waals surface area (Å²) in [6, 6.07) is 25.6. The minimum atomic E-state index is 0.260. The predicted octanol–water partition coefficient (Wildman–Crippen LogP) is 5.16. The molecule has 0 radical (unpaired) electrons. The van der Waals surface area contributed by atoms with Crippen molar-refractivity contribution in [3.8, 4) is 5.75 Å². The molecule has 3 aromatic carbocycles. The molecule has 1 atom stereocenters. The third kappa shape index (κ3) is 4.34. The number of anilines is 1. The van der Waals surface area contributed by atoms with E-state index in [1.54, 1.807) is 7.11 Å². The lowest BCUT2D eigenvalue weighted by molar-refractivity contribution is 0.414. The number of fused-ring (bicyclic) bond motifs is 1. The SMILES string of the molecule is COc1ccc(CNC[C@@H](c2ccc(N(C)C)cc2)c2c[nH]c3ccccc23)cc1. The number of aromatic nitrogens is 1. The van der Waals surface area contributed by atoms with Gasteiger partial charge in [-0.25, -0.2) is 0 Å². The van der Waals surface area contributed by atoms with Gasteiger partial charge in [0, 0.05) is 55.9 Å². The smallest absolute Gasteiger partial charge is 0.118 e. The van der Waals surface area contributed by atoms with Gasteiger partial charge in [0.2, 0.25) is 0 Å². The number of rotatable bonds is 8. The Kier molecular flexibility index (Phi) is 6.05. The minimum Gasteiger partial charge on any atom is -0.497 e. The van der Waals surface area contributed by atoms with E-state index in [-0.39, 0.29) is 5.92 Å². The molecule has 0 bridgehead atoms. The summed E-state index contributed by atoms with van der Waals surface area (Å²) < 4.78 is 5.26. The molecule has 4 heteroatoms. The summed E-state index contributed by atoms with van der Waals surface area (Å²) >= 11 is 0. The maximum absolute atomic E-state index is 5.26. The van der Waals surface area contributed by atoms with Crippen LogP contribution in [0.4, 0.5) is 5.69 Å². The summed E-state index contributed by atoms with van der Waals surface area (Å²) in [7, 11) is 5.84. The molecule has 0 spiro atoms. The van der Waals surface area contributed by atoms with E-state index in [4.69, 9.17) is 4.74 Å². The molecule has 0 fully saturated rings. The highest BCUT2D eigenvalue weighted by Crippen LogP contribution is 2.31. The fourth-order valence-electron chi connectivity index (χ4n) is 3.90. The van der Waals surface area contributed by atoms with E-state index in [1.807, 2.05) is 12.1 Å². The molecule has 154 valence electrons. The number of aromatic amines is 1. The lowest BCUT2D eigenvalue weighted by atomic mass is 9.90. The van der Waals surface area contributed by atoms with E-state index in [2.05, 4.69) is 96.2 Å². The van der Waals surface area contributed by atoms with Crippen LogP contribution in [0.15, 0.2) is 79.0 Å². The number of H-pyrrole nitrogens is 1. The van der Waals surface area contributed by atoms with E-state index in [1.165, 1.54) is 33.3 Å². The second kappa shape index (κ2) is 9.06. The quantitative estimate of drug-likeness (QED) is 0.430. The van der Waals surface area contributed by atoms with Crippen LogP contribution in [0.5, 0.6) is 5.75 Å². The van der Waals surface area contributed by atoms with E-state index in [0.29, 0.717) is 0 Å². The van der Waals surface area contributed by atoms with Crippen LogP contribution >= 0.6 is 0 Å². The third-order valence-electron chi connectivity index (χ3n) is 5.65. The maximum Gasteiger partial charge on any atom is 0.118 e. The van der Waals surface area contributed by atoms with Crippen molar-refractivity contribution in [1.82, 2.24) is 10.3 Å². The van der Waals surface area contributed by atoms with Crippen LogP contribution < -0.4 is 15.0 Å². The average Bonchev–Trinajstić information content (AvgIpc) is 3.21. The molecule has 30 heavy (non-hydrogen) atoms. The average molecular weight is 400 g/mol. The molecule has 0 amide bonds. The van der Waals surface area contributed by atoms with Crippen molar-refractivity contribution < 1.29 is 4.74 Å². The normalized spacial score (nSPS) is 12.1. The first-order valence-electron chi connectivity index (χ1n) is 10.3. The van der Waals surface area contributed by atoms with Crippen LogP contribution in [-0.2, 0) is 6.54 Å². The number of para-hydroxylation sites is 1. The maximum atomic E-state index is 5.26. The first-order valence-corrected chi connectivity index (χ1v) is 10.3. The van der Waals surface area contributed by atoms with Crippen LogP contribution in [0.1, 0.15) is 22.6 Å². The zero-order valence-electron chi connectivity index (χ0n) is 17.9. The fraction of sp³-hybridized carbons (Fsp3) is 0.231. The van der Waals surface area contributed by atoms with Gasteiger partial charge in [0.25, 0.3) is 0 Å². The Morgan fingerprint density at radius 1 is 0.933 bits per heavy atom. The van der Waals surface area contributed by atoms with Crippen molar-refractivity contribution in [3.63, 3.8) is 0 Å². The highest BCUT2D eigenvalue weighted by molar-refractivity contribution is 5.84. The zero-order chi connectivity index (χ0) is 20.9. The Morgan fingerprint density at radius 3 is 2.37 bits per heavy atom. The lowest BCUT2D eigenvalue weighted by Gasteiger charge is -2.20. The molecule has 0 aliphatic heterocycles. The number of nitrogens with zero attached hydrogens (tertiary/aromatic N) is 1. The van der Waals surface area contributed by atoms with Crippen molar-refractivity contribution >= 4 is 16.6 Å². The number of ether oxygens (including phenoxy) is 1. The summed E-state index contributed by atoms with van der Waals surface area (Å²) in [6.45, 7) is 1.67. The number of hydrogen-bond acceptors (Lipinski definition) is 3. The van der Waals surface area contributed by atoms with Crippen LogP contribution in [0.25, 0.3) is 10.9 Å². The lowest BCUT2D eigenvalue weighted by Crippen LogP contribution is -2.22. The first-order chi connectivity index (χ1) is 14.7. The standard InChI is InChI=1S/C26H29N3O/c1-29(2)21-12-10-20(11-13-21)24(25-18-28-26-7-5-4-6-23(25)26)17-27-16-19-8-14-22(30-3)15-9-19/h4-15,18,24,27-28H,16-17H2,1-3H3/t24-/m0/s1.